The van der Waals surface area contributed by atoms with Crippen LogP contribution in [0.1, 0.15) is 46.7 Å². The molecule has 0 radical (unpaired) electrons. The molecule has 0 saturated carbocycles. The Hall–Kier alpha value is -1.81. The molecule has 168 valence electrons. The van der Waals surface area contributed by atoms with Crippen LogP contribution in [-0.2, 0) is 20.0 Å². The molecular weight excluding hydrogens is 456 g/mol. The number of hydrogen-bond acceptors (Lipinski definition) is 8. The maximum absolute atomic E-state index is 5.05. The molecule has 5 heterocycles. The van der Waals surface area contributed by atoms with Crippen LogP contribution in [0.25, 0.3) is 10.2 Å². The van der Waals surface area contributed by atoms with Crippen LogP contribution in [-0.4, -0.2) is 42.7 Å². The molecule has 1 fully saturated rings. The van der Waals surface area contributed by atoms with Gasteiger partial charge in [0.15, 0.2) is 5.16 Å². The van der Waals surface area contributed by atoms with Crippen LogP contribution in [0, 0.1) is 19.8 Å². The summed E-state index contributed by atoms with van der Waals surface area (Å²) in [4.78, 5) is 16.2. The Morgan fingerprint density at radius 1 is 1.16 bits per heavy atom. The van der Waals surface area contributed by atoms with Crippen LogP contribution in [0.15, 0.2) is 27.7 Å². The topological polar surface area (TPSA) is 59.7 Å². The van der Waals surface area contributed by atoms with E-state index in [0.717, 1.165) is 64.0 Å². The molecule has 0 spiro atoms. The van der Waals surface area contributed by atoms with E-state index < -0.39 is 0 Å². The summed E-state index contributed by atoms with van der Waals surface area (Å²) in [7, 11) is 2.05. The van der Waals surface area contributed by atoms with E-state index in [0.29, 0.717) is 0 Å². The molecule has 0 bridgehead atoms. The highest BCUT2D eigenvalue weighted by atomic mass is 32.2. The van der Waals surface area contributed by atoms with Crippen molar-refractivity contribution in [1.82, 2.24) is 29.6 Å². The van der Waals surface area contributed by atoms with Crippen molar-refractivity contribution in [2.45, 2.75) is 56.8 Å². The number of rotatable bonds is 6. The SMILES string of the molecule is Cc1sc2nc(CN3CCC(C)CC3)nc(Sc3nnc(Cc4cccs4)n3C)c2c1C. The lowest BCUT2D eigenvalue weighted by Crippen LogP contribution is -2.33. The lowest BCUT2D eigenvalue weighted by atomic mass is 9.99. The van der Waals surface area contributed by atoms with Gasteiger partial charge in [-0.1, -0.05) is 13.0 Å². The van der Waals surface area contributed by atoms with Gasteiger partial charge in [0.05, 0.1) is 6.54 Å². The molecule has 1 aliphatic rings. The van der Waals surface area contributed by atoms with Gasteiger partial charge >= 0.3 is 0 Å². The van der Waals surface area contributed by atoms with Gasteiger partial charge in [-0.2, -0.15) is 0 Å². The van der Waals surface area contributed by atoms with E-state index in [9.17, 15) is 0 Å². The fourth-order valence-corrected chi connectivity index (χ4v) is 6.88. The van der Waals surface area contributed by atoms with Gasteiger partial charge in [-0.3, -0.25) is 4.90 Å². The highest BCUT2D eigenvalue weighted by Crippen LogP contribution is 2.38. The summed E-state index contributed by atoms with van der Waals surface area (Å²) < 4.78 is 2.10. The molecule has 0 aromatic carbocycles. The maximum Gasteiger partial charge on any atom is 0.197 e. The van der Waals surface area contributed by atoms with E-state index in [1.807, 2.05) is 7.05 Å². The van der Waals surface area contributed by atoms with Crippen molar-refractivity contribution in [2.75, 3.05) is 13.1 Å². The first-order chi connectivity index (χ1) is 15.5. The van der Waals surface area contributed by atoms with Crippen molar-refractivity contribution < 1.29 is 0 Å². The summed E-state index contributed by atoms with van der Waals surface area (Å²) in [5.41, 5.74) is 1.27. The molecule has 1 aliphatic heterocycles. The molecule has 4 aromatic heterocycles. The lowest BCUT2D eigenvalue weighted by Gasteiger charge is -2.29. The van der Waals surface area contributed by atoms with Crippen molar-refractivity contribution in [3.63, 3.8) is 0 Å². The first-order valence-electron chi connectivity index (χ1n) is 11.1. The smallest absolute Gasteiger partial charge is 0.197 e. The number of piperidine rings is 1. The molecule has 1 saturated heterocycles. The van der Waals surface area contributed by atoms with Gasteiger partial charge in [-0.05, 0) is 74.5 Å². The summed E-state index contributed by atoms with van der Waals surface area (Å²) in [5.74, 6) is 2.71. The van der Waals surface area contributed by atoms with Gasteiger partial charge < -0.3 is 4.57 Å². The van der Waals surface area contributed by atoms with E-state index in [2.05, 4.69) is 57.9 Å². The molecule has 4 aromatic rings. The third-order valence-electron chi connectivity index (χ3n) is 6.31. The fraction of sp³-hybridized carbons (Fsp3) is 0.478. The molecule has 0 unspecified atom stereocenters. The molecule has 0 amide bonds. The summed E-state index contributed by atoms with van der Waals surface area (Å²) in [6.45, 7) is 9.76. The Bertz CT molecular complexity index is 1220. The molecule has 0 N–H and O–H groups in total. The number of likely N-dealkylation sites (tertiary alicyclic amines) is 1. The minimum atomic E-state index is 0.802. The van der Waals surface area contributed by atoms with Crippen molar-refractivity contribution >= 4 is 44.7 Å². The zero-order chi connectivity index (χ0) is 22.2. The van der Waals surface area contributed by atoms with Gasteiger partial charge in [0, 0.05) is 28.6 Å². The lowest BCUT2D eigenvalue weighted by molar-refractivity contribution is 0.181. The van der Waals surface area contributed by atoms with Crippen molar-refractivity contribution in [3.05, 3.63) is 44.5 Å². The number of hydrogen-bond donors (Lipinski definition) is 0. The average Bonchev–Trinajstić information content (AvgIpc) is 3.47. The van der Waals surface area contributed by atoms with Crippen LogP contribution >= 0.6 is 34.4 Å². The van der Waals surface area contributed by atoms with Crippen LogP contribution < -0.4 is 0 Å². The highest BCUT2D eigenvalue weighted by Gasteiger charge is 2.21. The summed E-state index contributed by atoms with van der Waals surface area (Å²) in [6, 6.07) is 4.22. The van der Waals surface area contributed by atoms with Crippen molar-refractivity contribution in [2.24, 2.45) is 13.0 Å². The third kappa shape index (κ3) is 4.48. The molecule has 9 heteroatoms. The molecule has 6 nitrogen and oxygen atoms in total. The first-order valence-corrected chi connectivity index (χ1v) is 13.6. The van der Waals surface area contributed by atoms with E-state index in [4.69, 9.17) is 9.97 Å². The van der Waals surface area contributed by atoms with E-state index >= 15 is 0 Å². The van der Waals surface area contributed by atoms with Crippen LogP contribution in [0.4, 0.5) is 0 Å². The monoisotopic (exact) mass is 484 g/mol. The first kappa shape index (κ1) is 22.0. The predicted molar refractivity (Wildman–Crippen MR) is 133 cm³/mol. The number of nitrogens with zero attached hydrogens (tertiary/aromatic N) is 6. The summed E-state index contributed by atoms with van der Waals surface area (Å²) >= 11 is 5.13. The molecule has 0 aliphatic carbocycles. The van der Waals surface area contributed by atoms with Crippen molar-refractivity contribution in [3.8, 4) is 0 Å². The Labute approximate surface area is 201 Å². The third-order valence-corrected chi connectivity index (χ3v) is 9.31. The second kappa shape index (κ2) is 9.21. The molecular formula is C23H28N6S3. The van der Waals surface area contributed by atoms with Gasteiger partial charge in [-0.25, -0.2) is 9.97 Å². The molecule has 5 rings (SSSR count). The van der Waals surface area contributed by atoms with Gasteiger partial charge in [-0.15, -0.1) is 32.9 Å². The summed E-state index contributed by atoms with van der Waals surface area (Å²) in [6.07, 6.45) is 3.32. The van der Waals surface area contributed by atoms with E-state index in [1.165, 1.54) is 28.2 Å². The van der Waals surface area contributed by atoms with Gasteiger partial charge in [0.1, 0.15) is 21.5 Å². The normalized spacial score (nSPS) is 15.8. The average molecular weight is 485 g/mol. The largest absolute Gasteiger partial charge is 0.309 e. The quantitative estimate of drug-likeness (QED) is 0.338. The standard InChI is InChI=1S/C23H28N6S3/c1-14-7-9-29(10-8-14)13-18-24-21-20(15(2)16(3)31-21)22(25-18)32-23-27-26-19(28(23)4)12-17-6-5-11-30-17/h5-6,11,14H,7-10,12-13H2,1-4H3. The Morgan fingerprint density at radius 3 is 2.72 bits per heavy atom. The van der Waals surface area contributed by atoms with E-state index in [1.54, 1.807) is 34.4 Å². The second-order valence-corrected chi connectivity index (χ2v) is 11.9. The Kier molecular flexibility index (Phi) is 6.33. The van der Waals surface area contributed by atoms with Crippen molar-refractivity contribution in [1.29, 1.82) is 0 Å². The fourth-order valence-electron chi connectivity index (χ4n) is 4.06. The second-order valence-electron chi connectivity index (χ2n) is 8.68. The number of fused-ring (bicyclic) bond motifs is 1. The number of aromatic nitrogens is 5. The van der Waals surface area contributed by atoms with Crippen LogP contribution in [0.2, 0.25) is 0 Å². The minimum absolute atomic E-state index is 0.802. The van der Waals surface area contributed by atoms with E-state index in [-0.39, 0.29) is 0 Å². The highest BCUT2D eigenvalue weighted by molar-refractivity contribution is 7.99. The number of aryl methyl sites for hydroxylation is 2. The van der Waals surface area contributed by atoms with Crippen LogP contribution in [0.3, 0.4) is 0 Å². The predicted octanol–water partition coefficient (Wildman–Crippen LogP) is 5.47. The van der Waals surface area contributed by atoms with Gasteiger partial charge in [0.25, 0.3) is 0 Å². The minimum Gasteiger partial charge on any atom is -0.309 e. The maximum atomic E-state index is 5.05. The zero-order valence-electron chi connectivity index (χ0n) is 19.0. The van der Waals surface area contributed by atoms with Crippen LogP contribution in [0.5, 0.6) is 0 Å². The Morgan fingerprint density at radius 2 is 1.97 bits per heavy atom. The summed E-state index contributed by atoms with van der Waals surface area (Å²) in [5, 5.41) is 14.1. The number of thiophene rings is 2. The molecule has 32 heavy (non-hydrogen) atoms. The Balaban J connectivity index is 1.45. The molecule has 0 atom stereocenters. The zero-order valence-corrected chi connectivity index (χ0v) is 21.4. The van der Waals surface area contributed by atoms with Gasteiger partial charge in [0.2, 0.25) is 0 Å².